The number of halogens is 1. The van der Waals surface area contributed by atoms with Crippen LogP contribution < -0.4 is 5.32 Å². The smallest absolute Gasteiger partial charge is 0.123 e. The van der Waals surface area contributed by atoms with E-state index in [2.05, 4.69) is 19.2 Å². The van der Waals surface area contributed by atoms with Gasteiger partial charge in [-0.05, 0) is 61.9 Å². The molecule has 0 bridgehead atoms. The molecule has 0 spiro atoms. The van der Waals surface area contributed by atoms with Crippen molar-refractivity contribution in [3.8, 4) is 0 Å². The number of likely N-dealkylation sites (N-methyl/N-ethyl adjacent to an activating group) is 1. The monoisotopic (exact) mass is 291 g/mol. The minimum atomic E-state index is -0.108. The summed E-state index contributed by atoms with van der Waals surface area (Å²) >= 11 is 0. The SMILES string of the molecule is CCNC(Cc1cc(F)ccc1C)C1CCCCCCC1. The molecule has 0 aromatic heterocycles. The maximum absolute atomic E-state index is 13.5. The highest BCUT2D eigenvalue weighted by Gasteiger charge is 2.22. The largest absolute Gasteiger partial charge is 0.314 e. The Hall–Kier alpha value is -0.890. The number of rotatable bonds is 5. The second kappa shape index (κ2) is 8.53. The molecule has 0 heterocycles. The first-order valence-electron chi connectivity index (χ1n) is 8.69. The molecule has 2 heteroatoms. The first-order chi connectivity index (χ1) is 10.2. The predicted molar refractivity (Wildman–Crippen MR) is 88.1 cm³/mol. The van der Waals surface area contributed by atoms with E-state index in [1.165, 1.54) is 56.1 Å². The molecule has 0 radical (unpaired) electrons. The average molecular weight is 291 g/mol. The second-order valence-corrected chi connectivity index (χ2v) is 6.54. The van der Waals surface area contributed by atoms with E-state index in [1.54, 1.807) is 12.1 Å². The molecule has 1 saturated carbocycles. The zero-order valence-corrected chi connectivity index (χ0v) is 13.6. The quantitative estimate of drug-likeness (QED) is 0.803. The minimum absolute atomic E-state index is 0.108. The van der Waals surface area contributed by atoms with Crippen LogP contribution in [0.3, 0.4) is 0 Å². The lowest BCUT2D eigenvalue weighted by molar-refractivity contribution is 0.285. The van der Waals surface area contributed by atoms with Crippen molar-refractivity contribution in [1.29, 1.82) is 0 Å². The lowest BCUT2D eigenvalue weighted by atomic mass is 9.82. The summed E-state index contributed by atoms with van der Waals surface area (Å²) in [5.74, 6) is 0.636. The van der Waals surface area contributed by atoms with Crippen LogP contribution in [0.1, 0.15) is 63.0 Å². The third-order valence-corrected chi connectivity index (χ3v) is 4.94. The van der Waals surface area contributed by atoms with Gasteiger partial charge in [0.05, 0.1) is 0 Å². The molecule has 1 N–H and O–H groups in total. The highest BCUT2D eigenvalue weighted by molar-refractivity contribution is 5.27. The van der Waals surface area contributed by atoms with Gasteiger partial charge >= 0.3 is 0 Å². The van der Waals surface area contributed by atoms with Crippen molar-refractivity contribution in [1.82, 2.24) is 5.32 Å². The van der Waals surface area contributed by atoms with Crippen LogP contribution >= 0.6 is 0 Å². The molecule has 1 aromatic carbocycles. The van der Waals surface area contributed by atoms with Crippen LogP contribution in [0.2, 0.25) is 0 Å². The first kappa shape index (κ1) is 16.5. The highest BCUT2D eigenvalue weighted by atomic mass is 19.1. The Bertz CT molecular complexity index is 422. The number of benzene rings is 1. The summed E-state index contributed by atoms with van der Waals surface area (Å²) in [5.41, 5.74) is 2.38. The number of hydrogen-bond acceptors (Lipinski definition) is 1. The fourth-order valence-electron chi connectivity index (χ4n) is 3.65. The van der Waals surface area contributed by atoms with Gasteiger partial charge in [0.15, 0.2) is 0 Å². The van der Waals surface area contributed by atoms with Crippen LogP contribution in [0.15, 0.2) is 18.2 Å². The molecule has 21 heavy (non-hydrogen) atoms. The van der Waals surface area contributed by atoms with Crippen molar-refractivity contribution in [3.05, 3.63) is 35.1 Å². The molecule has 1 aromatic rings. The van der Waals surface area contributed by atoms with Gasteiger partial charge in [0, 0.05) is 6.04 Å². The molecule has 0 aliphatic heterocycles. The normalized spacial score (nSPS) is 19.0. The molecule has 1 atom stereocenters. The highest BCUT2D eigenvalue weighted by Crippen LogP contribution is 2.27. The van der Waals surface area contributed by atoms with Crippen LogP contribution in [-0.4, -0.2) is 12.6 Å². The van der Waals surface area contributed by atoms with E-state index in [0.717, 1.165) is 18.9 Å². The van der Waals surface area contributed by atoms with Gasteiger partial charge in [-0.1, -0.05) is 45.1 Å². The molecular formula is C19H30FN. The van der Waals surface area contributed by atoms with Crippen molar-refractivity contribution >= 4 is 0 Å². The summed E-state index contributed by atoms with van der Waals surface area (Å²) in [4.78, 5) is 0. The molecule has 0 amide bonds. The van der Waals surface area contributed by atoms with E-state index in [1.807, 2.05) is 6.07 Å². The summed E-state index contributed by atoms with van der Waals surface area (Å²) < 4.78 is 13.5. The van der Waals surface area contributed by atoms with Gasteiger partial charge in [0.1, 0.15) is 5.82 Å². The molecule has 1 fully saturated rings. The van der Waals surface area contributed by atoms with E-state index in [0.29, 0.717) is 6.04 Å². The number of aryl methyl sites for hydroxylation is 1. The van der Waals surface area contributed by atoms with Gasteiger partial charge in [0.2, 0.25) is 0 Å². The third kappa shape index (κ3) is 5.10. The topological polar surface area (TPSA) is 12.0 Å². The van der Waals surface area contributed by atoms with Gasteiger partial charge in [0.25, 0.3) is 0 Å². The first-order valence-corrected chi connectivity index (χ1v) is 8.69. The molecule has 1 unspecified atom stereocenters. The minimum Gasteiger partial charge on any atom is -0.314 e. The molecule has 2 rings (SSSR count). The third-order valence-electron chi connectivity index (χ3n) is 4.94. The fourth-order valence-corrected chi connectivity index (χ4v) is 3.65. The van der Waals surface area contributed by atoms with E-state index in [9.17, 15) is 4.39 Å². The zero-order chi connectivity index (χ0) is 15.1. The Morgan fingerprint density at radius 2 is 1.81 bits per heavy atom. The molecule has 118 valence electrons. The molecular weight excluding hydrogens is 261 g/mol. The molecule has 0 saturated heterocycles. The van der Waals surface area contributed by atoms with Crippen molar-refractivity contribution in [2.24, 2.45) is 5.92 Å². The molecule has 1 aliphatic carbocycles. The summed E-state index contributed by atoms with van der Waals surface area (Å²) in [5, 5.41) is 3.67. The van der Waals surface area contributed by atoms with E-state index in [-0.39, 0.29) is 5.82 Å². The average Bonchev–Trinajstić information content (AvgIpc) is 2.42. The standard InChI is InChI=1S/C19H30FN/c1-3-21-19(16-9-7-5-4-6-8-10-16)14-17-13-18(20)12-11-15(17)2/h11-13,16,19,21H,3-10,14H2,1-2H3. The lowest BCUT2D eigenvalue weighted by Gasteiger charge is -2.30. The predicted octanol–water partition coefficient (Wildman–Crippen LogP) is 5.02. The number of nitrogens with one attached hydrogen (secondary N) is 1. The molecule has 1 aliphatic rings. The Morgan fingerprint density at radius 3 is 2.48 bits per heavy atom. The van der Waals surface area contributed by atoms with Gasteiger partial charge in [-0.15, -0.1) is 0 Å². The summed E-state index contributed by atoms with van der Waals surface area (Å²) in [7, 11) is 0. The Morgan fingerprint density at radius 1 is 1.14 bits per heavy atom. The van der Waals surface area contributed by atoms with Gasteiger partial charge < -0.3 is 5.32 Å². The number of hydrogen-bond donors (Lipinski definition) is 1. The van der Waals surface area contributed by atoms with E-state index in [4.69, 9.17) is 0 Å². The lowest BCUT2D eigenvalue weighted by Crippen LogP contribution is -2.38. The van der Waals surface area contributed by atoms with Crippen molar-refractivity contribution in [3.63, 3.8) is 0 Å². The van der Waals surface area contributed by atoms with Crippen LogP contribution in [0.4, 0.5) is 4.39 Å². The van der Waals surface area contributed by atoms with E-state index >= 15 is 0 Å². The Kier molecular flexibility index (Phi) is 6.69. The summed E-state index contributed by atoms with van der Waals surface area (Å²) in [6.07, 6.45) is 10.5. The van der Waals surface area contributed by atoms with Crippen LogP contribution in [0.25, 0.3) is 0 Å². The van der Waals surface area contributed by atoms with Crippen LogP contribution in [0, 0.1) is 18.7 Å². The van der Waals surface area contributed by atoms with Gasteiger partial charge in [-0.3, -0.25) is 0 Å². The van der Waals surface area contributed by atoms with Crippen molar-refractivity contribution < 1.29 is 4.39 Å². The van der Waals surface area contributed by atoms with Crippen molar-refractivity contribution in [2.75, 3.05) is 6.54 Å². The van der Waals surface area contributed by atoms with E-state index < -0.39 is 0 Å². The Balaban J connectivity index is 2.07. The zero-order valence-electron chi connectivity index (χ0n) is 13.6. The van der Waals surface area contributed by atoms with Gasteiger partial charge in [-0.25, -0.2) is 4.39 Å². The Labute approximate surface area is 129 Å². The van der Waals surface area contributed by atoms with Crippen LogP contribution in [-0.2, 0) is 6.42 Å². The maximum Gasteiger partial charge on any atom is 0.123 e. The van der Waals surface area contributed by atoms with Gasteiger partial charge in [-0.2, -0.15) is 0 Å². The fraction of sp³-hybridized carbons (Fsp3) is 0.684. The maximum atomic E-state index is 13.5. The molecule has 1 nitrogen and oxygen atoms in total. The second-order valence-electron chi connectivity index (χ2n) is 6.54. The summed E-state index contributed by atoms with van der Waals surface area (Å²) in [6.45, 7) is 5.26. The van der Waals surface area contributed by atoms with Crippen LogP contribution in [0.5, 0.6) is 0 Å². The summed E-state index contributed by atoms with van der Waals surface area (Å²) in [6, 6.07) is 5.69. The van der Waals surface area contributed by atoms with Crippen molar-refractivity contribution in [2.45, 2.75) is 71.3 Å².